The number of ether oxygens (including phenoxy) is 1. The molecule has 0 spiro atoms. The molecule has 1 atom stereocenters. The van der Waals surface area contributed by atoms with Crippen LogP contribution < -0.4 is 10.6 Å². The Labute approximate surface area is 172 Å². The second-order valence-corrected chi connectivity index (χ2v) is 6.62. The zero-order valence-corrected chi connectivity index (χ0v) is 16.3. The molecule has 0 aliphatic carbocycles. The molecular formula is C21H19N3O6. The SMILES string of the molecule is CC(=O)Nc1ccc(NC(=O)COC(=O)[C@H](C)N2C(=O)c3ccccc3C2=O)cc1. The molecule has 0 radical (unpaired) electrons. The minimum absolute atomic E-state index is 0.217. The molecule has 0 unspecified atom stereocenters. The van der Waals surface area contributed by atoms with E-state index in [-0.39, 0.29) is 17.0 Å². The van der Waals surface area contributed by atoms with Crippen LogP contribution in [0, 0.1) is 0 Å². The number of carbonyl (C=O) groups is 5. The van der Waals surface area contributed by atoms with Crippen LogP contribution in [0.1, 0.15) is 34.6 Å². The number of anilines is 2. The van der Waals surface area contributed by atoms with Crippen molar-refractivity contribution in [2.75, 3.05) is 17.2 Å². The molecule has 0 saturated heterocycles. The average Bonchev–Trinajstić information content (AvgIpc) is 2.97. The zero-order chi connectivity index (χ0) is 21.8. The van der Waals surface area contributed by atoms with Crippen molar-refractivity contribution >= 4 is 41.0 Å². The molecule has 0 saturated carbocycles. The van der Waals surface area contributed by atoms with Gasteiger partial charge >= 0.3 is 5.97 Å². The summed E-state index contributed by atoms with van der Waals surface area (Å²) in [7, 11) is 0. The van der Waals surface area contributed by atoms with E-state index in [1.54, 1.807) is 36.4 Å². The van der Waals surface area contributed by atoms with Gasteiger partial charge in [-0.05, 0) is 43.3 Å². The summed E-state index contributed by atoms with van der Waals surface area (Å²) in [5.74, 6) is -2.84. The summed E-state index contributed by atoms with van der Waals surface area (Å²) in [5, 5.41) is 5.14. The smallest absolute Gasteiger partial charge is 0.329 e. The van der Waals surface area contributed by atoms with Gasteiger partial charge in [0.2, 0.25) is 5.91 Å². The molecule has 0 aromatic heterocycles. The van der Waals surface area contributed by atoms with Crippen molar-refractivity contribution in [1.82, 2.24) is 4.90 Å². The maximum Gasteiger partial charge on any atom is 0.329 e. The average molecular weight is 409 g/mol. The molecule has 2 aromatic rings. The summed E-state index contributed by atoms with van der Waals surface area (Å²) in [6.07, 6.45) is 0. The highest BCUT2D eigenvalue weighted by atomic mass is 16.5. The van der Waals surface area contributed by atoms with Crippen molar-refractivity contribution in [1.29, 1.82) is 0 Å². The van der Waals surface area contributed by atoms with Crippen molar-refractivity contribution in [3.8, 4) is 0 Å². The van der Waals surface area contributed by atoms with Crippen LogP contribution >= 0.6 is 0 Å². The van der Waals surface area contributed by atoms with Gasteiger partial charge in [-0.3, -0.25) is 24.1 Å². The summed E-state index contributed by atoms with van der Waals surface area (Å²) < 4.78 is 4.97. The number of nitrogens with zero attached hydrogens (tertiary/aromatic N) is 1. The molecule has 1 aliphatic rings. The molecule has 1 aliphatic heterocycles. The number of amides is 4. The number of rotatable bonds is 6. The molecule has 1 heterocycles. The lowest BCUT2D eigenvalue weighted by Gasteiger charge is -2.20. The number of carbonyl (C=O) groups excluding carboxylic acids is 5. The maximum absolute atomic E-state index is 12.4. The minimum atomic E-state index is -1.18. The molecule has 0 fully saturated rings. The fourth-order valence-electron chi connectivity index (χ4n) is 2.96. The first-order valence-corrected chi connectivity index (χ1v) is 9.09. The fourth-order valence-corrected chi connectivity index (χ4v) is 2.96. The van der Waals surface area contributed by atoms with Crippen molar-refractivity contribution < 1.29 is 28.7 Å². The van der Waals surface area contributed by atoms with Crippen LogP contribution in [0.3, 0.4) is 0 Å². The Morgan fingerprint density at radius 3 is 1.90 bits per heavy atom. The van der Waals surface area contributed by atoms with Crippen LogP contribution in [0.4, 0.5) is 11.4 Å². The molecule has 30 heavy (non-hydrogen) atoms. The van der Waals surface area contributed by atoms with Gasteiger partial charge in [-0.15, -0.1) is 0 Å². The molecule has 2 aromatic carbocycles. The van der Waals surface area contributed by atoms with Crippen LogP contribution in [0.15, 0.2) is 48.5 Å². The number of esters is 1. The molecule has 4 amide bonds. The van der Waals surface area contributed by atoms with E-state index in [4.69, 9.17) is 4.74 Å². The number of hydrogen-bond acceptors (Lipinski definition) is 6. The van der Waals surface area contributed by atoms with Crippen LogP contribution in [-0.4, -0.2) is 47.1 Å². The van der Waals surface area contributed by atoms with E-state index in [0.717, 1.165) is 4.90 Å². The van der Waals surface area contributed by atoms with Gasteiger partial charge in [-0.2, -0.15) is 0 Å². The first-order chi connectivity index (χ1) is 14.3. The lowest BCUT2D eigenvalue weighted by Crippen LogP contribution is -2.44. The molecule has 3 rings (SSSR count). The van der Waals surface area contributed by atoms with Gasteiger partial charge in [0.15, 0.2) is 6.61 Å². The van der Waals surface area contributed by atoms with Crippen molar-refractivity contribution in [2.45, 2.75) is 19.9 Å². The van der Waals surface area contributed by atoms with Crippen LogP contribution in [0.5, 0.6) is 0 Å². The van der Waals surface area contributed by atoms with Gasteiger partial charge in [0.25, 0.3) is 17.7 Å². The summed E-state index contributed by atoms with van der Waals surface area (Å²) >= 11 is 0. The molecule has 2 N–H and O–H groups in total. The zero-order valence-electron chi connectivity index (χ0n) is 16.3. The van der Waals surface area contributed by atoms with E-state index in [2.05, 4.69) is 10.6 Å². The highest BCUT2D eigenvalue weighted by Gasteiger charge is 2.41. The predicted octanol–water partition coefficient (Wildman–Crippen LogP) is 1.81. The normalized spacial score (nSPS) is 13.5. The highest BCUT2D eigenvalue weighted by molar-refractivity contribution is 6.22. The van der Waals surface area contributed by atoms with Gasteiger partial charge < -0.3 is 15.4 Å². The third-order valence-corrected chi connectivity index (χ3v) is 4.39. The molecule has 9 nitrogen and oxygen atoms in total. The van der Waals surface area contributed by atoms with E-state index in [9.17, 15) is 24.0 Å². The predicted molar refractivity (Wildman–Crippen MR) is 107 cm³/mol. The van der Waals surface area contributed by atoms with Crippen LogP contribution in [0.2, 0.25) is 0 Å². The number of imide groups is 1. The second-order valence-electron chi connectivity index (χ2n) is 6.62. The molecule has 0 bridgehead atoms. The number of fused-ring (bicyclic) bond motifs is 1. The molecular weight excluding hydrogens is 390 g/mol. The Balaban J connectivity index is 1.54. The maximum atomic E-state index is 12.4. The number of hydrogen-bond donors (Lipinski definition) is 2. The summed E-state index contributed by atoms with van der Waals surface area (Å²) in [4.78, 5) is 61.0. The Kier molecular flexibility index (Phi) is 5.91. The Hall–Kier alpha value is -4.01. The van der Waals surface area contributed by atoms with Gasteiger partial charge in [0.1, 0.15) is 6.04 Å². The lowest BCUT2D eigenvalue weighted by atomic mass is 10.1. The topological polar surface area (TPSA) is 122 Å². The Morgan fingerprint density at radius 1 is 0.900 bits per heavy atom. The highest BCUT2D eigenvalue weighted by Crippen LogP contribution is 2.24. The second kappa shape index (κ2) is 8.56. The quantitative estimate of drug-likeness (QED) is 0.554. The van der Waals surface area contributed by atoms with Crippen molar-refractivity contribution in [3.63, 3.8) is 0 Å². The first kappa shape index (κ1) is 20.7. The molecule has 9 heteroatoms. The Bertz CT molecular complexity index is 996. The largest absolute Gasteiger partial charge is 0.454 e. The van der Waals surface area contributed by atoms with Crippen LogP contribution in [0.25, 0.3) is 0 Å². The van der Waals surface area contributed by atoms with Gasteiger partial charge in [-0.25, -0.2) is 4.79 Å². The minimum Gasteiger partial charge on any atom is -0.454 e. The lowest BCUT2D eigenvalue weighted by molar-refractivity contribution is -0.150. The van der Waals surface area contributed by atoms with Gasteiger partial charge in [0.05, 0.1) is 11.1 Å². The van der Waals surface area contributed by atoms with Crippen molar-refractivity contribution in [3.05, 3.63) is 59.7 Å². The fraction of sp³-hybridized carbons (Fsp3) is 0.190. The van der Waals surface area contributed by atoms with Gasteiger partial charge in [0, 0.05) is 18.3 Å². The van der Waals surface area contributed by atoms with E-state index in [0.29, 0.717) is 11.4 Å². The summed E-state index contributed by atoms with van der Waals surface area (Å²) in [6, 6.07) is 11.5. The van der Waals surface area contributed by atoms with E-state index < -0.39 is 36.3 Å². The monoisotopic (exact) mass is 409 g/mol. The molecule has 154 valence electrons. The van der Waals surface area contributed by atoms with Gasteiger partial charge in [-0.1, -0.05) is 12.1 Å². The van der Waals surface area contributed by atoms with Crippen LogP contribution in [-0.2, 0) is 19.1 Å². The first-order valence-electron chi connectivity index (χ1n) is 9.09. The third kappa shape index (κ3) is 4.35. The summed E-state index contributed by atoms with van der Waals surface area (Å²) in [5.41, 5.74) is 1.46. The standard InChI is InChI=1S/C21H19N3O6/c1-12(24-19(27)16-5-3-4-6-17(16)20(24)28)21(29)30-11-18(26)23-15-9-7-14(8-10-15)22-13(2)25/h3-10,12H,11H2,1-2H3,(H,22,25)(H,23,26)/t12-/m0/s1. The van der Waals surface area contributed by atoms with E-state index >= 15 is 0 Å². The summed E-state index contributed by atoms with van der Waals surface area (Å²) in [6.45, 7) is 2.16. The van der Waals surface area contributed by atoms with E-state index in [1.807, 2.05) is 0 Å². The number of nitrogens with one attached hydrogen (secondary N) is 2. The third-order valence-electron chi connectivity index (χ3n) is 4.39. The number of benzene rings is 2. The van der Waals surface area contributed by atoms with E-state index in [1.165, 1.54) is 26.0 Å². The Morgan fingerprint density at radius 2 is 1.40 bits per heavy atom. The van der Waals surface area contributed by atoms with Crippen molar-refractivity contribution in [2.24, 2.45) is 0 Å².